The van der Waals surface area contributed by atoms with Crippen molar-refractivity contribution in [2.75, 3.05) is 0 Å². The van der Waals surface area contributed by atoms with Crippen LogP contribution in [0.2, 0.25) is 0 Å². The van der Waals surface area contributed by atoms with Gasteiger partial charge >= 0.3 is 5.97 Å². The Morgan fingerprint density at radius 2 is 2.23 bits per heavy atom. The monoisotopic (exact) mass is 185 g/mol. The van der Waals surface area contributed by atoms with Crippen LogP contribution in [0.15, 0.2) is 0 Å². The summed E-state index contributed by atoms with van der Waals surface area (Å²) in [4.78, 5) is 10.7. The predicted octanol–water partition coefficient (Wildman–Crippen LogP) is 1.76. The summed E-state index contributed by atoms with van der Waals surface area (Å²) < 4.78 is 0. The Balaban J connectivity index is 2.10. The molecule has 1 fully saturated rings. The van der Waals surface area contributed by atoms with E-state index in [0.29, 0.717) is 6.42 Å². The van der Waals surface area contributed by atoms with E-state index in [0.717, 1.165) is 12.8 Å². The molecule has 2 atom stereocenters. The fourth-order valence-electron chi connectivity index (χ4n) is 1.79. The number of rotatable bonds is 6. The van der Waals surface area contributed by atoms with Gasteiger partial charge in [-0.25, -0.2) is 0 Å². The molecule has 0 spiro atoms. The number of carboxylic acids is 1. The normalized spacial score (nSPS) is 31.7. The largest absolute Gasteiger partial charge is 0.480 e. The molecule has 1 aliphatic rings. The minimum Gasteiger partial charge on any atom is -0.480 e. The lowest BCUT2D eigenvalue weighted by molar-refractivity contribution is -0.140. The molecule has 1 rings (SSSR count). The van der Waals surface area contributed by atoms with Gasteiger partial charge in [0.15, 0.2) is 0 Å². The van der Waals surface area contributed by atoms with Gasteiger partial charge in [-0.05, 0) is 18.8 Å². The molecule has 0 amide bonds. The van der Waals surface area contributed by atoms with E-state index in [1.807, 2.05) is 0 Å². The summed E-state index contributed by atoms with van der Waals surface area (Å²) >= 11 is 0. The van der Waals surface area contributed by atoms with Gasteiger partial charge < -0.3 is 10.8 Å². The first-order valence-electron chi connectivity index (χ1n) is 5.13. The third kappa shape index (κ3) is 2.44. The molecule has 0 aliphatic heterocycles. The Kier molecular flexibility index (Phi) is 3.31. The number of carboxylic acid groups (broad SMARTS) is 1. The third-order valence-corrected chi connectivity index (χ3v) is 2.96. The van der Waals surface area contributed by atoms with Crippen LogP contribution in [0.4, 0.5) is 0 Å². The van der Waals surface area contributed by atoms with Gasteiger partial charge in [-0.1, -0.05) is 32.6 Å². The van der Waals surface area contributed by atoms with Crippen molar-refractivity contribution >= 4 is 5.97 Å². The van der Waals surface area contributed by atoms with Crippen LogP contribution in [-0.2, 0) is 4.79 Å². The lowest BCUT2D eigenvalue weighted by Crippen LogP contribution is -2.35. The molecule has 0 aromatic rings. The lowest BCUT2D eigenvalue weighted by atomic mass is 10.1. The van der Waals surface area contributed by atoms with Gasteiger partial charge in [-0.3, -0.25) is 4.79 Å². The Morgan fingerprint density at radius 3 is 2.69 bits per heavy atom. The van der Waals surface area contributed by atoms with E-state index >= 15 is 0 Å². The first-order valence-corrected chi connectivity index (χ1v) is 5.13. The maximum Gasteiger partial charge on any atom is 0.323 e. The summed E-state index contributed by atoms with van der Waals surface area (Å²) in [6, 6.07) is 0. The van der Waals surface area contributed by atoms with Crippen LogP contribution in [0.1, 0.15) is 45.4 Å². The van der Waals surface area contributed by atoms with Crippen molar-refractivity contribution in [2.24, 2.45) is 11.7 Å². The second-order valence-electron chi connectivity index (χ2n) is 4.10. The highest BCUT2D eigenvalue weighted by Gasteiger charge is 2.56. The van der Waals surface area contributed by atoms with Crippen molar-refractivity contribution in [3.05, 3.63) is 0 Å². The van der Waals surface area contributed by atoms with Gasteiger partial charge in [0.1, 0.15) is 5.54 Å². The molecule has 0 radical (unpaired) electrons. The predicted molar refractivity (Wildman–Crippen MR) is 51.4 cm³/mol. The zero-order valence-corrected chi connectivity index (χ0v) is 8.25. The summed E-state index contributed by atoms with van der Waals surface area (Å²) in [6.45, 7) is 2.17. The number of aliphatic carboxylic acids is 1. The van der Waals surface area contributed by atoms with Gasteiger partial charge in [0.05, 0.1) is 0 Å². The molecule has 1 saturated carbocycles. The second kappa shape index (κ2) is 4.09. The third-order valence-electron chi connectivity index (χ3n) is 2.96. The fraction of sp³-hybridized carbons (Fsp3) is 0.900. The Bertz CT molecular complexity index is 193. The van der Waals surface area contributed by atoms with Gasteiger partial charge in [0.25, 0.3) is 0 Å². The van der Waals surface area contributed by atoms with Crippen molar-refractivity contribution in [1.29, 1.82) is 0 Å². The van der Waals surface area contributed by atoms with Crippen LogP contribution in [0.3, 0.4) is 0 Å². The molecular weight excluding hydrogens is 166 g/mol. The van der Waals surface area contributed by atoms with Gasteiger partial charge in [0, 0.05) is 0 Å². The molecule has 0 unspecified atom stereocenters. The summed E-state index contributed by atoms with van der Waals surface area (Å²) in [7, 11) is 0. The molecule has 3 nitrogen and oxygen atoms in total. The summed E-state index contributed by atoms with van der Waals surface area (Å²) in [5.74, 6) is -0.588. The summed E-state index contributed by atoms with van der Waals surface area (Å²) in [6.07, 6.45) is 6.47. The maximum atomic E-state index is 10.7. The Labute approximate surface area is 79.3 Å². The molecule has 13 heavy (non-hydrogen) atoms. The average Bonchev–Trinajstić information content (AvgIpc) is 2.73. The van der Waals surface area contributed by atoms with Gasteiger partial charge in [-0.15, -0.1) is 0 Å². The second-order valence-corrected chi connectivity index (χ2v) is 4.10. The Hall–Kier alpha value is -0.570. The van der Waals surface area contributed by atoms with E-state index in [4.69, 9.17) is 10.8 Å². The molecular formula is C10H19NO2. The van der Waals surface area contributed by atoms with Crippen molar-refractivity contribution < 1.29 is 9.90 Å². The number of hydrogen-bond acceptors (Lipinski definition) is 2. The van der Waals surface area contributed by atoms with Crippen LogP contribution < -0.4 is 5.73 Å². The highest BCUT2D eigenvalue weighted by atomic mass is 16.4. The van der Waals surface area contributed by atoms with Crippen LogP contribution in [0.5, 0.6) is 0 Å². The van der Waals surface area contributed by atoms with E-state index in [1.54, 1.807) is 0 Å². The molecule has 76 valence electrons. The number of carbonyl (C=O) groups is 1. The van der Waals surface area contributed by atoms with Crippen LogP contribution >= 0.6 is 0 Å². The minimum absolute atomic E-state index is 0.238. The smallest absolute Gasteiger partial charge is 0.323 e. The van der Waals surface area contributed by atoms with E-state index in [9.17, 15) is 4.79 Å². The molecule has 0 saturated heterocycles. The highest BCUT2D eigenvalue weighted by molar-refractivity contribution is 5.82. The summed E-state index contributed by atoms with van der Waals surface area (Å²) in [5, 5.41) is 8.76. The van der Waals surface area contributed by atoms with E-state index < -0.39 is 11.5 Å². The standard InChI is InChI=1S/C10H19NO2/c1-2-3-4-5-6-8-7-10(8,11)9(12)13/h8H,2-7,11H2,1H3,(H,12,13)/t8-,10-/m1/s1. The first-order chi connectivity index (χ1) is 6.11. The molecule has 3 heteroatoms. The van der Waals surface area contributed by atoms with Crippen LogP contribution in [-0.4, -0.2) is 16.6 Å². The van der Waals surface area contributed by atoms with Crippen molar-refractivity contribution in [2.45, 2.75) is 51.0 Å². The number of hydrogen-bond donors (Lipinski definition) is 2. The molecule has 0 heterocycles. The SMILES string of the molecule is CCCCCC[C@@H]1C[C@]1(N)C(=O)O. The molecule has 0 aromatic carbocycles. The fourth-order valence-corrected chi connectivity index (χ4v) is 1.79. The van der Waals surface area contributed by atoms with Gasteiger partial charge in [0.2, 0.25) is 0 Å². The summed E-state index contributed by atoms with van der Waals surface area (Å²) in [5.41, 5.74) is 4.78. The van der Waals surface area contributed by atoms with Crippen molar-refractivity contribution in [3.8, 4) is 0 Å². The van der Waals surface area contributed by atoms with Crippen molar-refractivity contribution in [1.82, 2.24) is 0 Å². The van der Waals surface area contributed by atoms with E-state index in [2.05, 4.69) is 6.92 Å². The number of unbranched alkanes of at least 4 members (excludes halogenated alkanes) is 3. The van der Waals surface area contributed by atoms with Gasteiger partial charge in [-0.2, -0.15) is 0 Å². The average molecular weight is 185 g/mol. The molecule has 1 aliphatic carbocycles. The quantitative estimate of drug-likeness (QED) is 0.620. The Morgan fingerprint density at radius 1 is 1.54 bits per heavy atom. The maximum absolute atomic E-state index is 10.7. The highest BCUT2D eigenvalue weighted by Crippen LogP contribution is 2.44. The van der Waals surface area contributed by atoms with Crippen LogP contribution in [0, 0.1) is 5.92 Å². The topological polar surface area (TPSA) is 63.3 Å². The van der Waals surface area contributed by atoms with Crippen LogP contribution in [0.25, 0.3) is 0 Å². The minimum atomic E-state index is -0.869. The number of nitrogens with two attached hydrogens (primary N) is 1. The lowest BCUT2D eigenvalue weighted by Gasteiger charge is -2.04. The van der Waals surface area contributed by atoms with E-state index in [-0.39, 0.29) is 5.92 Å². The zero-order valence-electron chi connectivity index (χ0n) is 8.25. The molecule has 0 aromatic heterocycles. The first kappa shape index (κ1) is 10.5. The molecule has 0 bridgehead atoms. The van der Waals surface area contributed by atoms with Crippen molar-refractivity contribution in [3.63, 3.8) is 0 Å². The zero-order chi connectivity index (χ0) is 9.90. The van der Waals surface area contributed by atoms with E-state index in [1.165, 1.54) is 19.3 Å². The molecule has 3 N–H and O–H groups in total.